The normalized spacial score (nSPS) is 31.7. The van der Waals surface area contributed by atoms with Gasteiger partial charge in [-0.2, -0.15) is 5.26 Å². The molecule has 0 radical (unpaired) electrons. The third kappa shape index (κ3) is 5.89. The Morgan fingerprint density at radius 1 is 1.00 bits per heavy atom. The average Bonchev–Trinajstić information content (AvgIpc) is 2.96. The molecule has 1 aromatic carbocycles. The van der Waals surface area contributed by atoms with Crippen LogP contribution in [0.25, 0.3) is 0 Å². The molecule has 0 heterocycles. The van der Waals surface area contributed by atoms with Crippen molar-refractivity contribution in [2.24, 2.45) is 28.6 Å². The summed E-state index contributed by atoms with van der Waals surface area (Å²) in [6.07, 6.45) is 9.26. The van der Waals surface area contributed by atoms with E-state index in [1.54, 1.807) is 13.0 Å². The topological polar surface area (TPSA) is 138 Å². The third-order valence-electron chi connectivity index (χ3n) is 10.6. The average molecular weight is 566 g/mol. The molecule has 0 unspecified atom stereocenters. The van der Waals surface area contributed by atoms with Gasteiger partial charge in [-0.25, -0.2) is 0 Å². The first kappa shape index (κ1) is 29.2. The summed E-state index contributed by atoms with van der Waals surface area (Å²) in [4.78, 5) is 38.9. The standard InChI is InChI=1S/C32H43N3O6/c1-31(11-4-12-31)18-34-29(37)26-19-5-7-20(8-6-19)27(26)35-28(36)23-16-24(21(17-33)15-25(23)40-3)41-22-9-13-32(2,14-10-22)30(38)39/h15-16,19-20,22,26-27H,4-14,18H2,1-3H3,(H,34,37)(H,35,36)(H,38,39)/t19?,20?,22-,26-,27+,32+/m0/s1. The number of fused-ring (bicyclic) bond motifs is 3. The van der Waals surface area contributed by atoms with E-state index in [9.17, 15) is 24.8 Å². The minimum Gasteiger partial charge on any atom is -0.496 e. The Hall–Kier alpha value is -3.28. The molecule has 2 bridgehead atoms. The van der Waals surface area contributed by atoms with E-state index in [0.29, 0.717) is 32.2 Å². The fourth-order valence-corrected chi connectivity index (χ4v) is 7.47. The summed E-state index contributed by atoms with van der Waals surface area (Å²) in [5, 5.41) is 25.8. The second-order valence-corrected chi connectivity index (χ2v) is 13.4. The van der Waals surface area contributed by atoms with Crippen molar-refractivity contribution in [1.82, 2.24) is 10.6 Å². The minimum atomic E-state index is -0.808. The number of aliphatic carboxylic acids is 1. The van der Waals surface area contributed by atoms with Gasteiger partial charge in [0.2, 0.25) is 5.91 Å². The first-order chi connectivity index (χ1) is 19.6. The summed E-state index contributed by atoms with van der Waals surface area (Å²) in [6, 6.07) is 4.95. The highest BCUT2D eigenvalue weighted by Crippen LogP contribution is 2.46. The van der Waals surface area contributed by atoms with Crippen LogP contribution in [-0.2, 0) is 9.59 Å². The van der Waals surface area contributed by atoms with Crippen molar-refractivity contribution in [3.8, 4) is 17.6 Å². The Kier molecular flexibility index (Phi) is 8.22. The number of amides is 2. The minimum absolute atomic E-state index is 0.0410. The summed E-state index contributed by atoms with van der Waals surface area (Å²) in [7, 11) is 1.46. The molecule has 6 rings (SSSR count). The fourth-order valence-electron chi connectivity index (χ4n) is 7.47. The van der Waals surface area contributed by atoms with E-state index in [4.69, 9.17) is 9.47 Å². The van der Waals surface area contributed by atoms with Crippen LogP contribution in [0.15, 0.2) is 12.1 Å². The number of benzene rings is 1. The highest BCUT2D eigenvalue weighted by Gasteiger charge is 2.48. The number of hydrogen-bond donors (Lipinski definition) is 3. The summed E-state index contributed by atoms with van der Waals surface area (Å²) in [6.45, 7) is 4.65. The van der Waals surface area contributed by atoms with Gasteiger partial charge >= 0.3 is 5.97 Å². The maximum atomic E-state index is 13.8. The van der Waals surface area contributed by atoms with Crippen molar-refractivity contribution in [3.05, 3.63) is 23.3 Å². The van der Waals surface area contributed by atoms with E-state index in [2.05, 4.69) is 23.6 Å². The van der Waals surface area contributed by atoms with Crippen LogP contribution in [0.3, 0.4) is 0 Å². The monoisotopic (exact) mass is 565 g/mol. The largest absolute Gasteiger partial charge is 0.496 e. The summed E-state index contributed by atoms with van der Waals surface area (Å²) >= 11 is 0. The molecule has 5 aliphatic carbocycles. The number of nitrogens with zero attached hydrogens (tertiary/aromatic N) is 1. The highest BCUT2D eigenvalue weighted by atomic mass is 16.5. The molecule has 9 heteroatoms. The molecule has 0 spiro atoms. The Morgan fingerprint density at radius 3 is 2.22 bits per heavy atom. The maximum Gasteiger partial charge on any atom is 0.309 e. The summed E-state index contributed by atoms with van der Waals surface area (Å²) in [5.41, 5.74) is -0.0849. The van der Waals surface area contributed by atoms with Crippen molar-refractivity contribution < 1.29 is 29.0 Å². The number of carboxylic acid groups (broad SMARTS) is 1. The number of carbonyl (C=O) groups is 3. The molecule has 5 saturated carbocycles. The highest BCUT2D eigenvalue weighted by molar-refractivity contribution is 5.98. The van der Waals surface area contributed by atoms with Crippen molar-refractivity contribution >= 4 is 17.8 Å². The van der Waals surface area contributed by atoms with Crippen LogP contribution in [0, 0.1) is 39.9 Å². The van der Waals surface area contributed by atoms with E-state index in [0.717, 1.165) is 38.5 Å². The van der Waals surface area contributed by atoms with Crippen LogP contribution in [0.5, 0.6) is 11.5 Å². The molecule has 0 aliphatic heterocycles. The molecule has 9 nitrogen and oxygen atoms in total. The van der Waals surface area contributed by atoms with Crippen molar-refractivity contribution in [2.45, 2.75) is 96.6 Å². The number of carboxylic acids is 1. The lowest BCUT2D eigenvalue weighted by atomic mass is 9.61. The maximum absolute atomic E-state index is 13.8. The van der Waals surface area contributed by atoms with Crippen molar-refractivity contribution in [1.29, 1.82) is 5.26 Å². The molecule has 0 saturated heterocycles. The second kappa shape index (κ2) is 11.5. The number of methoxy groups -OCH3 is 1. The number of rotatable bonds is 9. The van der Waals surface area contributed by atoms with Crippen LogP contribution in [0.4, 0.5) is 0 Å². The van der Waals surface area contributed by atoms with Gasteiger partial charge in [-0.05, 0) is 94.4 Å². The summed E-state index contributed by atoms with van der Waals surface area (Å²) < 4.78 is 11.7. The van der Waals surface area contributed by atoms with Crippen LogP contribution in [0.1, 0.15) is 100 Å². The Labute approximate surface area is 242 Å². The van der Waals surface area contributed by atoms with Gasteiger partial charge in [-0.1, -0.05) is 13.3 Å². The van der Waals surface area contributed by atoms with E-state index < -0.39 is 11.4 Å². The van der Waals surface area contributed by atoms with Crippen LogP contribution < -0.4 is 20.1 Å². The Bertz CT molecular complexity index is 1220. The van der Waals surface area contributed by atoms with Gasteiger partial charge in [0.15, 0.2) is 0 Å². The predicted octanol–water partition coefficient (Wildman–Crippen LogP) is 4.82. The molecular formula is C32H43N3O6. The Balaban J connectivity index is 1.33. The molecule has 222 valence electrons. The zero-order valence-corrected chi connectivity index (χ0v) is 24.5. The van der Waals surface area contributed by atoms with Gasteiger partial charge in [0, 0.05) is 18.7 Å². The zero-order chi connectivity index (χ0) is 29.4. The number of carbonyl (C=O) groups excluding carboxylic acids is 2. The second-order valence-electron chi connectivity index (χ2n) is 13.4. The molecule has 3 N–H and O–H groups in total. The predicted molar refractivity (Wildman–Crippen MR) is 151 cm³/mol. The smallest absolute Gasteiger partial charge is 0.309 e. The fraction of sp³-hybridized carbons (Fsp3) is 0.688. The summed E-state index contributed by atoms with van der Waals surface area (Å²) in [5.74, 6) is -0.324. The molecule has 0 aromatic heterocycles. The van der Waals surface area contributed by atoms with Crippen molar-refractivity contribution in [3.63, 3.8) is 0 Å². The van der Waals surface area contributed by atoms with Crippen LogP contribution in [0.2, 0.25) is 0 Å². The van der Waals surface area contributed by atoms with Gasteiger partial charge in [0.1, 0.15) is 17.6 Å². The number of ether oxygens (including phenoxy) is 2. The SMILES string of the molecule is COc1cc(C#N)c(O[C@H]2CC[C@@](C)(C(=O)O)CC2)cc1C(=O)N[C@@H]1C2CCC(CC2)[C@@H]1C(=O)NCC1(C)CCC1. The van der Waals surface area contributed by atoms with E-state index >= 15 is 0 Å². The first-order valence-corrected chi connectivity index (χ1v) is 15.2. The number of hydrogen-bond acceptors (Lipinski definition) is 6. The number of nitrogens with one attached hydrogen (secondary N) is 2. The molecule has 41 heavy (non-hydrogen) atoms. The number of nitriles is 1. The molecule has 5 aliphatic rings. The lowest BCUT2D eigenvalue weighted by molar-refractivity contribution is -0.150. The molecule has 2 amide bonds. The lowest BCUT2D eigenvalue weighted by Crippen LogP contribution is -2.58. The molecular weight excluding hydrogens is 522 g/mol. The van der Waals surface area contributed by atoms with Crippen molar-refractivity contribution in [2.75, 3.05) is 13.7 Å². The van der Waals surface area contributed by atoms with E-state index in [-0.39, 0.29) is 69.8 Å². The third-order valence-corrected chi connectivity index (χ3v) is 10.6. The Morgan fingerprint density at radius 2 is 1.66 bits per heavy atom. The van der Waals surface area contributed by atoms with Crippen LogP contribution >= 0.6 is 0 Å². The molecule has 2 atom stereocenters. The van der Waals surface area contributed by atoms with E-state index in [1.807, 2.05) is 0 Å². The first-order valence-electron chi connectivity index (χ1n) is 15.2. The molecule has 1 aromatic rings. The quantitative estimate of drug-likeness (QED) is 0.390. The van der Waals surface area contributed by atoms with Gasteiger partial charge in [0.05, 0.1) is 35.7 Å². The van der Waals surface area contributed by atoms with E-state index in [1.165, 1.54) is 19.6 Å². The lowest BCUT2D eigenvalue weighted by Gasteiger charge is -2.48. The van der Waals surface area contributed by atoms with Gasteiger partial charge in [-0.15, -0.1) is 0 Å². The van der Waals surface area contributed by atoms with Gasteiger partial charge in [0.25, 0.3) is 5.91 Å². The van der Waals surface area contributed by atoms with Gasteiger partial charge < -0.3 is 25.2 Å². The zero-order valence-electron chi connectivity index (χ0n) is 24.5. The van der Waals surface area contributed by atoms with Crippen LogP contribution in [-0.4, -0.2) is 48.7 Å². The van der Waals surface area contributed by atoms with Gasteiger partial charge in [-0.3, -0.25) is 14.4 Å². The molecule has 5 fully saturated rings.